The Hall–Kier alpha value is -1.96. The van der Waals surface area contributed by atoms with Crippen LogP contribution in [-0.2, 0) is 16.4 Å². The molecule has 0 aliphatic carbocycles. The van der Waals surface area contributed by atoms with Crippen molar-refractivity contribution in [1.82, 2.24) is 9.21 Å². The van der Waals surface area contributed by atoms with Crippen molar-refractivity contribution >= 4 is 10.0 Å². The van der Waals surface area contributed by atoms with Gasteiger partial charge in [0.15, 0.2) is 11.6 Å². The van der Waals surface area contributed by atoms with Crippen molar-refractivity contribution in [3.63, 3.8) is 0 Å². The maximum Gasteiger partial charge on any atom is 0.243 e. The molecule has 5 nitrogen and oxygen atoms in total. The minimum atomic E-state index is -3.45. The summed E-state index contributed by atoms with van der Waals surface area (Å²) >= 11 is 0. The van der Waals surface area contributed by atoms with Crippen LogP contribution in [0, 0.1) is 5.82 Å². The van der Waals surface area contributed by atoms with Crippen LogP contribution in [0.1, 0.15) is 12.5 Å². The molecule has 3 rings (SSSR count). The lowest BCUT2D eigenvalue weighted by Crippen LogP contribution is -2.49. The largest absolute Gasteiger partial charge is 0.489 e. The van der Waals surface area contributed by atoms with Crippen molar-refractivity contribution in [2.45, 2.75) is 18.2 Å². The zero-order valence-corrected chi connectivity index (χ0v) is 16.3. The van der Waals surface area contributed by atoms with E-state index in [9.17, 15) is 12.8 Å². The molecule has 0 amide bonds. The predicted octanol–water partition coefficient (Wildman–Crippen LogP) is 2.77. The summed E-state index contributed by atoms with van der Waals surface area (Å²) in [6.45, 7) is 5.19. The monoisotopic (exact) mass is 392 g/mol. The highest BCUT2D eigenvalue weighted by molar-refractivity contribution is 7.89. The Morgan fingerprint density at radius 3 is 2.30 bits per heavy atom. The summed E-state index contributed by atoms with van der Waals surface area (Å²) in [5.74, 6) is -0.128. The van der Waals surface area contributed by atoms with Gasteiger partial charge in [-0.25, -0.2) is 12.8 Å². The molecule has 1 heterocycles. The van der Waals surface area contributed by atoms with Gasteiger partial charge in [0.1, 0.15) is 6.61 Å². The van der Waals surface area contributed by atoms with E-state index in [0.717, 1.165) is 12.0 Å². The molecule has 0 saturated carbocycles. The Labute approximate surface area is 160 Å². The number of piperazine rings is 1. The second-order valence-electron chi connectivity index (χ2n) is 6.52. The lowest BCUT2D eigenvalue weighted by atomic mass is 10.2. The molecule has 2 aromatic rings. The molecular formula is C20H25FN2O3S. The highest BCUT2D eigenvalue weighted by atomic mass is 32.2. The first-order chi connectivity index (χ1) is 13.0. The maximum atomic E-state index is 13.5. The number of rotatable bonds is 7. The number of hydrogen-bond acceptors (Lipinski definition) is 4. The Morgan fingerprint density at radius 2 is 1.67 bits per heavy atom. The van der Waals surface area contributed by atoms with E-state index >= 15 is 0 Å². The topological polar surface area (TPSA) is 49.9 Å². The summed E-state index contributed by atoms with van der Waals surface area (Å²) in [7, 11) is -3.45. The number of halogens is 1. The maximum absolute atomic E-state index is 13.5. The first kappa shape index (κ1) is 19.8. The molecule has 0 bridgehead atoms. The summed E-state index contributed by atoms with van der Waals surface area (Å²) in [4.78, 5) is 2.48. The molecule has 0 atom stereocenters. The number of nitrogens with zero attached hydrogens (tertiary/aromatic N) is 2. The van der Waals surface area contributed by atoms with E-state index in [1.807, 2.05) is 19.1 Å². The second kappa shape index (κ2) is 8.82. The van der Waals surface area contributed by atoms with E-state index in [4.69, 9.17) is 4.74 Å². The van der Waals surface area contributed by atoms with E-state index in [1.165, 1.54) is 10.4 Å². The molecule has 1 aliphatic rings. The third kappa shape index (κ3) is 4.86. The van der Waals surface area contributed by atoms with Crippen LogP contribution in [0.5, 0.6) is 5.75 Å². The minimum Gasteiger partial charge on any atom is -0.489 e. The zero-order valence-electron chi connectivity index (χ0n) is 15.5. The van der Waals surface area contributed by atoms with E-state index in [2.05, 4.69) is 4.90 Å². The summed E-state index contributed by atoms with van der Waals surface area (Å²) in [5, 5.41) is 0. The molecule has 27 heavy (non-hydrogen) atoms. The van der Waals surface area contributed by atoms with Gasteiger partial charge in [0, 0.05) is 32.7 Å². The number of para-hydroxylation sites is 1. The average molecular weight is 392 g/mol. The Balaban J connectivity index is 1.50. The van der Waals surface area contributed by atoms with Crippen molar-refractivity contribution in [1.29, 1.82) is 0 Å². The lowest BCUT2D eigenvalue weighted by molar-refractivity contribution is 0.157. The van der Waals surface area contributed by atoms with Gasteiger partial charge in [-0.05, 0) is 36.2 Å². The molecular weight excluding hydrogens is 367 g/mol. The van der Waals surface area contributed by atoms with Crippen LogP contribution in [0.25, 0.3) is 0 Å². The van der Waals surface area contributed by atoms with Crippen molar-refractivity contribution in [2.24, 2.45) is 0 Å². The van der Waals surface area contributed by atoms with Crippen LogP contribution in [0.15, 0.2) is 53.4 Å². The molecule has 0 unspecified atom stereocenters. The van der Waals surface area contributed by atoms with Gasteiger partial charge in [-0.15, -0.1) is 0 Å². The van der Waals surface area contributed by atoms with Gasteiger partial charge in [-0.1, -0.05) is 31.2 Å². The van der Waals surface area contributed by atoms with Crippen LogP contribution in [0.2, 0.25) is 0 Å². The van der Waals surface area contributed by atoms with E-state index in [-0.39, 0.29) is 11.6 Å². The SMILES string of the molecule is CCc1ccc(S(=O)(=O)N2CCN(CCOc3ccccc3F)CC2)cc1. The Morgan fingerprint density at radius 1 is 1.00 bits per heavy atom. The minimum absolute atomic E-state index is 0.245. The van der Waals surface area contributed by atoms with Crippen molar-refractivity contribution < 1.29 is 17.5 Å². The molecule has 1 aliphatic heterocycles. The van der Waals surface area contributed by atoms with E-state index in [1.54, 1.807) is 30.3 Å². The first-order valence-corrected chi connectivity index (χ1v) is 10.6. The molecule has 1 fully saturated rings. The molecule has 7 heteroatoms. The standard InChI is InChI=1S/C20H25FN2O3S/c1-2-17-7-9-18(10-8-17)27(24,25)23-13-11-22(12-14-23)15-16-26-20-6-4-3-5-19(20)21/h3-10H,2,11-16H2,1H3. The third-order valence-corrected chi connectivity index (χ3v) is 6.72. The molecule has 0 spiro atoms. The smallest absolute Gasteiger partial charge is 0.243 e. The number of ether oxygens (including phenoxy) is 1. The number of aryl methyl sites for hydroxylation is 1. The predicted molar refractivity (Wildman–Crippen MR) is 103 cm³/mol. The quantitative estimate of drug-likeness (QED) is 0.727. The summed E-state index contributed by atoms with van der Waals surface area (Å²) in [6, 6.07) is 13.4. The van der Waals surface area contributed by atoms with Crippen LogP contribution in [0.4, 0.5) is 4.39 Å². The van der Waals surface area contributed by atoms with Gasteiger partial charge in [0.05, 0.1) is 4.90 Å². The van der Waals surface area contributed by atoms with Gasteiger partial charge in [0.25, 0.3) is 0 Å². The number of sulfonamides is 1. The molecule has 1 saturated heterocycles. The van der Waals surface area contributed by atoms with Crippen molar-refractivity contribution in [3.05, 3.63) is 59.9 Å². The first-order valence-electron chi connectivity index (χ1n) is 9.19. The summed E-state index contributed by atoms with van der Waals surface area (Å²) in [5.41, 5.74) is 1.12. The zero-order chi connectivity index (χ0) is 19.3. The van der Waals surface area contributed by atoms with Gasteiger partial charge < -0.3 is 4.74 Å². The van der Waals surface area contributed by atoms with Gasteiger partial charge in [-0.2, -0.15) is 4.31 Å². The van der Waals surface area contributed by atoms with E-state index < -0.39 is 10.0 Å². The Kier molecular flexibility index (Phi) is 6.46. The fourth-order valence-corrected chi connectivity index (χ4v) is 4.51. The third-order valence-electron chi connectivity index (χ3n) is 4.80. The normalized spacial score (nSPS) is 16.4. The second-order valence-corrected chi connectivity index (χ2v) is 8.46. The van der Waals surface area contributed by atoms with Crippen LogP contribution in [-0.4, -0.2) is 57.0 Å². The van der Waals surface area contributed by atoms with Gasteiger partial charge in [0.2, 0.25) is 10.0 Å². The molecule has 2 aromatic carbocycles. The number of hydrogen-bond donors (Lipinski definition) is 0. The fraction of sp³-hybridized carbons (Fsp3) is 0.400. The molecule has 0 N–H and O–H groups in total. The fourth-order valence-electron chi connectivity index (χ4n) is 3.09. The molecule has 0 radical (unpaired) electrons. The lowest BCUT2D eigenvalue weighted by Gasteiger charge is -2.33. The van der Waals surface area contributed by atoms with Crippen LogP contribution in [0.3, 0.4) is 0 Å². The van der Waals surface area contributed by atoms with E-state index in [0.29, 0.717) is 44.2 Å². The number of benzene rings is 2. The van der Waals surface area contributed by atoms with Crippen molar-refractivity contribution in [3.8, 4) is 5.75 Å². The molecule has 146 valence electrons. The van der Waals surface area contributed by atoms with Crippen LogP contribution < -0.4 is 4.74 Å². The molecule has 0 aromatic heterocycles. The highest BCUT2D eigenvalue weighted by Crippen LogP contribution is 2.19. The summed E-state index contributed by atoms with van der Waals surface area (Å²) < 4.78 is 46.1. The van der Waals surface area contributed by atoms with Gasteiger partial charge in [-0.3, -0.25) is 4.90 Å². The van der Waals surface area contributed by atoms with Crippen LogP contribution >= 0.6 is 0 Å². The Bertz CT molecular complexity index is 848. The van der Waals surface area contributed by atoms with Crippen molar-refractivity contribution in [2.75, 3.05) is 39.3 Å². The van der Waals surface area contributed by atoms with Gasteiger partial charge >= 0.3 is 0 Å². The average Bonchev–Trinajstić information content (AvgIpc) is 2.70. The highest BCUT2D eigenvalue weighted by Gasteiger charge is 2.28. The summed E-state index contributed by atoms with van der Waals surface area (Å²) in [6.07, 6.45) is 0.883.